The number of benzene rings is 1. The van der Waals surface area contributed by atoms with Crippen LogP contribution in [-0.4, -0.2) is 22.3 Å². The smallest absolute Gasteiger partial charge is 0.250 e. The first kappa shape index (κ1) is 11.3. The fraction of sp³-hybridized carbons (Fsp3) is 0.182. The zero-order valence-corrected chi connectivity index (χ0v) is 11.1. The number of nitrogens with zero attached hydrogens (tertiary/aromatic N) is 3. The second-order valence-electron chi connectivity index (χ2n) is 3.30. The molecular formula is C11H10IN3O. The van der Waals surface area contributed by atoms with Crippen LogP contribution in [0.5, 0.6) is 5.88 Å². The molecule has 0 fully saturated rings. The van der Waals surface area contributed by atoms with Gasteiger partial charge in [-0.05, 0) is 29.5 Å². The Balaban J connectivity index is 2.44. The molecule has 1 aromatic carbocycles. The van der Waals surface area contributed by atoms with Crippen LogP contribution in [0.2, 0.25) is 0 Å². The minimum Gasteiger partial charge on any atom is -0.479 e. The molecule has 1 aromatic heterocycles. The summed E-state index contributed by atoms with van der Waals surface area (Å²) in [5.74, 6) is 1.09. The van der Waals surface area contributed by atoms with Crippen LogP contribution >= 0.6 is 22.6 Å². The molecule has 0 saturated heterocycles. The van der Waals surface area contributed by atoms with Gasteiger partial charge in [0, 0.05) is 5.56 Å². The van der Waals surface area contributed by atoms with E-state index in [0.29, 0.717) is 15.4 Å². The van der Waals surface area contributed by atoms with Gasteiger partial charge in [0.1, 0.15) is 0 Å². The van der Waals surface area contributed by atoms with Crippen molar-refractivity contribution in [2.24, 2.45) is 0 Å². The van der Waals surface area contributed by atoms with Crippen LogP contribution in [0.25, 0.3) is 11.4 Å². The van der Waals surface area contributed by atoms with Gasteiger partial charge in [-0.25, -0.2) is 0 Å². The Morgan fingerprint density at radius 3 is 2.44 bits per heavy atom. The number of hydrogen-bond acceptors (Lipinski definition) is 4. The third kappa shape index (κ3) is 2.29. The maximum absolute atomic E-state index is 5.11. The molecule has 0 spiro atoms. The van der Waals surface area contributed by atoms with Crippen LogP contribution in [0.4, 0.5) is 0 Å². The number of halogens is 1. The molecule has 0 amide bonds. The number of methoxy groups -OCH3 is 1. The predicted octanol–water partition coefficient (Wildman–Crippen LogP) is 2.46. The van der Waals surface area contributed by atoms with E-state index in [1.54, 1.807) is 7.11 Å². The van der Waals surface area contributed by atoms with Gasteiger partial charge in [0.25, 0.3) is 0 Å². The molecule has 0 radical (unpaired) electrons. The van der Waals surface area contributed by atoms with Crippen LogP contribution in [0.3, 0.4) is 0 Å². The average Bonchev–Trinajstić information content (AvgIpc) is 2.31. The second-order valence-corrected chi connectivity index (χ2v) is 4.32. The fourth-order valence-electron chi connectivity index (χ4n) is 1.25. The van der Waals surface area contributed by atoms with Crippen molar-refractivity contribution in [1.82, 2.24) is 15.2 Å². The lowest BCUT2D eigenvalue weighted by atomic mass is 10.1. The van der Waals surface area contributed by atoms with Gasteiger partial charge in [0.15, 0.2) is 9.53 Å². The molecule has 0 N–H and O–H groups in total. The Morgan fingerprint density at radius 1 is 1.12 bits per heavy atom. The minimum absolute atomic E-state index is 0.506. The molecule has 0 aliphatic carbocycles. The van der Waals surface area contributed by atoms with Crippen LogP contribution in [-0.2, 0) is 0 Å². The summed E-state index contributed by atoms with van der Waals surface area (Å²) in [4.78, 5) is 4.29. The zero-order chi connectivity index (χ0) is 11.5. The SMILES string of the molecule is COc1nc(-c2ccc(C)cc2)nnc1I. The highest BCUT2D eigenvalue weighted by molar-refractivity contribution is 14.1. The number of aryl methyl sites for hydroxylation is 1. The lowest BCUT2D eigenvalue weighted by Crippen LogP contribution is -1.99. The van der Waals surface area contributed by atoms with E-state index in [1.165, 1.54) is 5.56 Å². The standard InChI is InChI=1S/C11H10IN3O/c1-7-3-5-8(6-4-7)10-13-11(16-2)9(12)14-15-10/h3-6H,1-2H3. The molecule has 0 bridgehead atoms. The molecular weight excluding hydrogens is 317 g/mol. The quantitative estimate of drug-likeness (QED) is 0.795. The summed E-state index contributed by atoms with van der Waals surface area (Å²) in [5.41, 5.74) is 2.14. The Hall–Kier alpha value is -1.24. The Kier molecular flexibility index (Phi) is 3.33. The predicted molar refractivity (Wildman–Crippen MR) is 69.3 cm³/mol. The van der Waals surface area contributed by atoms with Gasteiger partial charge in [0.05, 0.1) is 7.11 Å². The van der Waals surface area contributed by atoms with Gasteiger partial charge < -0.3 is 4.74 Å². The fourth-order valence-corrected chi connectivity index (χ4v) is 1.70. The van der Waals surface area contributed by atoms with Gasteiger partial charge in [-0.3, -0.25) is 0 Å². The number of hydrogen-bond donors (Lipinski definition) is 0. The van der Waals surface area contributed by atoms with Crippen molar-refractivity contribution in [1.29, 1.82) is 0 Å². The van der Waals surface area contributed by atoms with Crippen molar-refractivity contribution in [2.75, 3.05) is 7.11 Å². The first-order valence-corrected chi connectivity index (χ1v) is 5.80. The van der Waals surface area contributed by atoms with Crippen LogP contribution in [0, 0.1) is 10.6 Å². The van der Waals surface area contributed by atoms with E-state index < -0.39 is 0 Å². The maximum atomic E-state index is 5.11. The maximum Gasteiger partial charge on any atom is 0.250 e. The molecule has 4 nitrogen and oxygen atoms in total. The molecule has 0 unspecified atom stereocenters. The first-order valence-electron chi connectivity index (χ1n) is 4.72. The topological polar surface area (TPSA) is 47.9 Å². The van der Waals surface area contributed by atoms with Crippen molar-refractivity contribution in [2.45, 2.75) is 6.92 Å². The Morgan fingerprint density at radius 2 is 1.81 bits per heavy atom. The second kappa shape index (κ2) is 4.73. The summed E-state index contributed by atoms with van der Waals surface area (Å²) >= 11 is 2.04. The van der Waals surface area contributed by atoms with Crippen LogP contribution in [0.1, 0.15) is 5.56 Å². The van der Waals surface area contributed by atoms with Crippen molar-refractivity contribution < 1.29 is 4.74 Å². The zero-order valence-electron chi connectivity index (χ0n) is 8.94. The van der Waals surface area contributed by atoms with E-state index in [-0.39, 0.29) is 0 Å². The van der Waals surface area contributed by atoms with Crippen molar-refractivity contribution in [3.05, 3.63) is 33.5 Å². The first-order chi connectivity index (χ1) is 7.70. The molecule has 82 valence electrons. The normalized spacial score (nSPS) is 10.2. The average molecular weight is 327 g/mol. The molecule has 2 rings (SSSR count). The molecule has 0 saturated carbocycles. The number of ether oxygens (including phenoxy) is 1. The lowest BCUT2D eigenvalue weighted by Gasteiger charge is -2.03. The Labute approximate surface area is 107 Å². The summed E-state index contributed by atoms with van der Waals surface area (Å²) in [6.07, 6.45) is 0. The van der Waals surface area contributed by atoms with Gasteiger partial charge in [0.2, 0.25) is 5.88 Å². The highest BCUT2D eigenvalue weighted by Crippen LogP contribution is 2.20. The minimum atomic E-state index is 0.506. The molecule has 0 aliphatic heterocycles. The van der Waals surface area contributed by atoms with Gasteiger partial charge in [-0.2, -0.15) is 4.98 Å². The van der Waals surface area contributed by atoms with Crippen LogP contribution < -0.4 is 4.74 Å². The van der Waals surface area contributed by atoms with Gasteiger partial charge in [-0.15, -0.1) is 10.2 Å². The third-order valence-electron chi connectivity index (χ3n) is 2.12. The van der Waals surface area contributed by atoms with Gasteiger partial charge >= 0.3 is 0 Å². The highest BCUT2D eigenvalue weighted by atomic mass is 127. The monoisotopic (exact) mass is 327 g/mol. The van der Waals surface area contributed by atoms with E-state index in [1.807, 2.05) is 53.8 Å². The van der Waals surface area contributed by atoms with E-state index in [4.69, 9.17) is 4.74 Å². The molecule has 0 aliphatic rings. The summed E-state index contributed by atoms with van der Waals surface area (Å²) in [5, 5.41) is 8.04. The Bertz CT molecular complexity index is 499. The van der Waals surface area contributed by atoms with E-state index >= 15 is 0 Å². The molecule has 16 heavy (non-hydrogen) atoms. The number of rotatable bonds is 2. The van der Waals surface area contributed by atoms with E-state index in [9.17, 15) is 0 Å². The summed E-state index contributed by atoms with van der Waals surface area (Å²) in [6, 6.07) is 7.98. The molecule has 5 heteroatoms. The van der Waals surface area contributed by atoms with E-state index in [0.717, 1.165) is 5.56 Å². The van der Waals surface area contributed by atoms with Crippen molar-refractivity contribution in [3.8, 4) is 17.3 Å². The highest BCUT2D eigenvalue weighted by Gasteiger charge is 2.08. The van der Waals surface area contributed by atoms with E-state index in [2.05, 4.69) is 15.2 Å². The summed E-state index contributed by atoms with van der Waals surface area (Å²) < 4.78 is 5.77. The molecule has 1 heterocycles. The lowest BCUT2D eigenvalue weighted by molar-refractivity contribution is 0.390. The molecule has 0 atom stereocenters. The summed E-state index contributed by atoms with van der Waals surface area (Å²) in [6.45, 7) is 2.04. The third-order valence-corrected chi connectivity index (χ3v) is 2.80. The van der Waals surface area contributed by atoms with Gasteiger partial charge in [-0.1, -0.05) is 29.8 Å². The largest absolute Gasteiger partial charge is 0.479 e. The van der Waals surface area contributed by atoms with Crippen LogP contribution in [0.15, 0.2) is 24.3 Å². The number of aromatic nitrogens is 3. The van der Waals surface area contributed by atoms with Crippen molar-refractivity contribution >= 4 is 22.6 Å². The summed E-state index contributed by atoms with van der Waals surface area (Å²) in [7, 11) is 1.57. The van der Waals surface area contributed by atoms with Crippen molar-refractivity contribution in [3.63, 3.8) is 0 Å². The molecule has 2 aromatic rings.